The first-order valence-corrected chi connectivity index (χ1v) is 5.06. The largest absolute Gasteiger partial charge is 0.340 e. The third kappa shape index (κ3) is 3.04. The second-order valence-corrected chi connectivity index (χ2v) is 3.94. The van der Waals surface area contributed by atoms with Crippen LogP contribution in [0.25, 0.3) is 0 Å². The van der Waals surface area contributed by atoms with E-state index in [2.05, 4.69) is 36.7 Å². The van der Waals surface area contributed by atoms with Crippen molar-refractivity contribution in [2.24, 2.45) is 0 Å². The standard InChI is InChI=1S/C9H15NS/c1-3-8(2)10-7-9-5-4-6-11-9/h4-6,8,10H,3,7H2,1-2H3/p+1/t8-/m0/s1. The van der Waals surface area contributed by atoms with Crippen molar-refractivity contribution in [3.8, 4) is 0 Å². The molecule has 1 aromatic rings. The fourth-order valence-electron chi connectivity index (χ4n) is 0.913. The molecule has 0 aliphatic carbocycles. The lowest BCUT2D eigenvalue weighted by Gasteiger charge is -2.05. The molecule has 0 saturated carbocycles. The molecule has 0 amide bonds. The summed E-state index contributed by atoms with van der Waals surface area (Å²) in [4.78, 5) is 1.48. The van der Waals surface area contributed by atoms with Crippen molar-refractivity contribution in [3.05, 3.63) is 22.4 Å². The van der Waals surface area contributed by atoms with Crippen LogP contribution in [0.4, 0.5) is 0 Å². The quantitative estimate of drug-likeness (QED) is 0.707. The summed E-state index contributed by atoms with van der Waals surface area (Å²) in [5.74, 6) is 0. The highest BCUT2D eigenvalue weighted by atomic mass is 32.1. The maximum atomic E-state index is 2.39. The van der Waals surface area contributed by atoms with Crippen LogP contribution in [0.2, 0.25) is 0 Å². The summed E-state index contributed by atoms with van der Waals surface area (Å²) in [5, 5.41) is 4.53. The van der Waals surface area contributed by atoms with Crippen molar-refractivity contribution < 1.29 is 5.32 Å². The van der Waals surface area contributed by atoms with Gasteiger partial charge in [-0.3, -0.25) is 0 Å². The van der Waals surface area contributed by atoms with Gasteiger partial charge in [0.2, 0.25) is 0 Å². The molecule has 62 valence electrons. The smallest absolute Gasteiger partial charge is 0.111 e. The summed E-state index contributed by atoms with van der Waals surface area (Å²) in [7, 11) is 0. The fraction of sp³-hybridized carbons (Fsp3) is 0.556. The van der Waals surface area contributed by atoms with E-state index in [1.165, 1.54) is 11.3 Å². The molecule has 0 aliphatic heterocycles. The van der Waals surface area contributed by atoms with Gasteiger partial charge >= 0.3 is 0 Å². The molecule has 0 fully saturated rings. The first kappa shape index (κ1) is 8.75. The Morgan fingerprint density at radius 3 is 3.00 bits per heavy atom. The molecule has 0 bridgehead atoms. The van der Waals surface area contributed by atoms with Crippen LogP contribution in [-0.2, 0) is 6.54 Å². The van der Waals surface area contributed by atoms with E-state index >= 15 is 0 Å². The van der Waals surface area contributed by atoms with Gasteiger partial charge in [-0.15, -0.1) is 11.3 Å². The zero-order valence-electron chi connectivity index (χ0n) is 7.21. The highest BCUT2D eigenvalue weighted by Crippen LogP contribution is 2.05. The van der Waals surface area contributed by atoms with Crippen LogP contribution < -0.4 is 5.32 Å². The van der Waals surface area contributed by atoms with E-state index in [1.807, 2.05) is 11.3 Å². The second kappa shape index (κ2) is 4.52. The molecule has 0 saturated heterocycles. The summed E-state index contributed by atoms with van der Waals surface area (Å²) in [6.45, 7) is 5.65. The normalized spacial score (nSPS) is 13.3. The van der Waals surface area contributed by atoms with Crippen LogP contribution in [0, 0.1) is 0 Å². The molecule has 0 radical (unpaired) electrons. The lowest BCUT2D eigenvalue weighted by atomic mass is 10.2. The van der Waals surface area contributed by atoms with Crippen LogP contribution in [0.3, 0.4) is 0 Å². The third-order valence-electron chi connectivity index (χ3n) is 1.95. The summed E-state index contributed by atoms with van der Waals surface area (Å²) in [6.07, 6.45) is 1.26. The average molecular weight is 170 g/mol. The SMILES string of the molecule is CC[C@H](C)[NH2+]Cc1cccs1. The molecule has 0 spiro atoms. The maximum absolute atomic E-state index is 2.39. The van der Waals surface area contributed by atoms with E-state index in [1.54, 1.807) is 0 Å². The van der Waals surface area contributed by atoms with Crippen molar-refractivity contribution in [1.29, 1.82) is 0 Å². The molecule has 0 unspecified atom stereocenters. The van der Waals surface area contributed by atoms with Crippen LogP contribution in [0.5, 0.6) is 0 Å². The Morgan fingerprint density at radius 2 is 2.45 bits per heavy atom. The van der Waals surface area contributed by atoms with E-state index in [9.17, 15) is 0 Å². The Kier molecular flexibility index (Phi) is 3.60. The van der Waals surface area contributed by atoms with Gasteiger partial charge in [0.15, 0.2) is 0 Å². The summed E-state index contributed by atoms with van der Waals surface area (Å²) >= 11 is 1.84. The Labute approximate surface area is 72.4 Å². The summed E-state index contributed by atoms with van der Waals surface area (Å²) in [6, 6.07) is 5.07. The van der Waals surface area contributed by atoms with Crippen molar-refractivity contribution in [3.63, 3.8) is 0 Å². The van der Waals surface area contributed by atoms with Gasteiger partial charge < -0.3 is 5.32 Å². The van der Waals surface area contributed by atoms with Gasteiger partial charge in [0, 0.05) is 0 Å². The molecular formula is C9H16NS+. The number of nitrogens with two attached hydrogens (primary N) is 1. The summed E-state index contributed by atoms with van der Waals surface area (Å²) < 4.78 is 0. The lowest BCUT2D eigenvalue weighted by molar-refractivity contribution is -0.701. The van der Waals surface area contributed by atoms with E-state index in [-0.39, 0.29) is 0 Å². The summed E-state index contributed by atoms with van der Waals surface area (Å²) in [5.41, 5.74) is 0. The predicted molar refractivity (Wildman–Crippen MR) is 49.7 cm³/mol. The molecule has 0 aliphatic rings. The zero-order valence-corrected chi connectivity index (χ0v) is 8.03. The molecule has 2 heteroatoms. The molecule has 0 aromatic carbocycles. The van der Waals surface area contributed by atoms with Crippen molar-refractivity contribution in [2.75, 3.05) is 0 Å². The van der Waals surface area contributed by atoms with Crippen molar-refractivity contribution >= 4 is 11.3 Å². The first-order valence-electron chi connectivity index (χ1n) is 4.18. The number of quaternary nitrogens is 1. The Balaban J connectivity index is 2.23. The van der Waals surface area contributed by atoms with Gasteiger partial charge in [-0.25, -0.2) is 0 Å². The fourth-order valence-corrected chi connectivity index (χ4v) is 1.59. The zero-order chi connectivity index (χ0) is 8.10. The van der Waals surface area contributed by atoms with E-state index < -0.39 is 0 Å². The Hall–Kier alpha value is -0.340. The van der Waals surface area contributed by atoms with E-state index in [0.717, 1.165) is 12.6 Å². The molecule has 1 rings (SSSR count). The van der Waals surface area contributed by atoms with Crippen LogP contribution >= 0.6 is 11.3 Å². The number of hydrogen-bond acceptors (Lipinski definition) is 1. The Morgan fingerprint density at radius 1 is 1.64 bits per heavy atom. The van der Waals surface area contributed by atoms with Gasteiger partial charge in [-0.2, -0.15) is 0 Å². The molecule has 1 nitrogen and oxygen atoms in total. The minimum Gasteiger partial charge on any atom is -0.340 e. The third-order valence-corrected chi connectivity index (χ3v) is 2.84. The minimum atomic E-state index is 0.761. The van der Waals surface area contributed by atoms with Gasteiger partial charge in [-0.1, -0.05) is 13.0 Å². The number of hydrogen-bond donors (Lipinski definition) is 1. The second-order valence-electron chi connectivity index (χ2n) is 2.90. The van der Waals surface area contributed by atoms with Crippen molar-refractivity contribution in [1.82, 2.24) is 0 Å². The average Bonchev–Trinajstić information content (AvgIpc) is 2.52. The van der Waals surface area contributed by atoms with E-state index in [0.29, 0.717) is 0 Å². The van der Waals surface area contributed by atoms with Gasteiger partial charge in [0.25, 0.3) is 0 Å². The van der Waals surface area contributed by atoms with Gasteiger partial charge in [0.1, 0.15) is 6.54 Å². The Bertz CT molecular complexity index is 181. The van der Waals surface area contributed by atoms with Crippen LogP contribution in [0.1, 0.15) is 25.1 Å². The van der Waals surface area contributed by atoms with Crippen LogP contribution in [-0.4, -0.2) is 6.04 Å². The highest BCUT2D eigenvalue weighted by Gasteiger charge is 2.01. The minimum absolute atomic E-state index is 0.761. The van der Waals surface area contributed by atoms with Gasteiger partial charge in [0.05, 0.1) is 10.9 Å². The molecule has 1 aromatic heterocycles. The predicted octanol–water partition coefficient (Wildman–Crippen LogP) is 1.61. The molecule has 1 heterocycles. The highest BCUT2D eigenvalue weighted by molar-refractivity contribution is 7.09. The molecule has 2 N–H and O–H groups in total. The lowest BCUT2D eigenvalue weighted by Crippen LogP contribution is -2.87. The topological polar surface area (TPSA) is 16.6 Å². The number of thiophene rings is 1. The first-order chi connectivity index (χ1) is 5.33. The maximum Gasteiger partial charge on any atom is 0.111 e. The molecule has 1 atom stereocenters. The number of rotatable bonds is 4. The molecule has 11 heavy (non-hydrogen) atoms. The van der Waals surface area contributed by atoms with Gasteiger partial charge in [-0.05, 0) is 24.8 Å². The van der Waals surface area contributed by atoms with Crippen molar-refractivity contribution in [2.45, 2.75) is 32.9 Å². The monoisotopic (exact) mass is 170 g/mol. The van der Waals surface area contributed by atoms with E-state index in [4.69, 9.17) is 0 Å². The van der Waals surface area contributed by atoms with Crippen LogP contribution in [0.15, 0.2) is 17.5 Å². The molecular weight excluding hydrogens is 154 g/mol.